The first-order valence-corrected chi connectivity index (χ1v) is 8.45. The zero-order valence-electron chi connectivity index (χ0n) is 11.8. The molecule has 2 atom stereocenters. The maximum atomic E-state index is 10.3. The number of hydrogen-bond acceptors (Lipinski definition) is 3. The highest BCUT2D eigenvalue weighted by atomic mass is 32.1. The van der Waals surface area contributed by atoms with Crippen LogP contribution >= 0.6 is 11.3 Å². The van der Waals surface area contributed by atoms with Gasteiger partial charge in [-0.1, -0.05) is 18.2 Å². The molecule has 3 heteroatoms. The summed E-state index contributed by atoms with van der Waals surface area (Å²) in [6, 6.07) is 8.43. The Morgan fingerprint density at radius 3 is 3.05 bits per heavy atom. The van der Waals surface area contributed by atoms with E-state index in [4.69, 9.17) is 4.74 Å². The fourth-order valence-corrected chi connectivity index (χ4v) is 3.94. The molecule has 1 aromatic carbocycles. The van der Waals surface area contributed by atoms with E-state index in [1.54, 1.807) is 11.3 Å². The molecule has 1 aliphatic rings. The Hall–Kier alpha value is -0.900. The normalized spacial score (nSPS) is 21.1. The van der Waals surface area contributed by atoms with Crippen LogP contribution in [0.2, 0.25) is 0 Å². The molecule has 0 saturated carbocycles. The van der Waals surface area contributed by atoms with Crippen molar-refractivity contribution >= 4 is 21.4 Å². The molecular formula is C17H22O2S. The average molecular weight is 290 g/mol. The molecule has 0 radical (unpaired) electrons. The van der Waals surface area contributed by atoms with Gasteiger partial charge in [0, 0.05) is 11.3 Å². The molecule has 2 aromatic rings. The Bertz CT molecular complexity index is 543. The highest BCUT2D eigenvalue weighted by molar-refractivity contribution is 7.17. The standard InChI is InChI=1S/C17H22O2S/c18-14(8-9-15-5-3-4-10-19-15)11-13-12-20-17-7-2-1-6-16(13)17/h1-2,6-7,12,14-15,18H,3-5,8-11H2. The predicted octanol–water partition coefficient (Wildman–Crippen LogP) is 4.15. The number of fused-ring (bicyclic) bond motifs is 1. The van der Waals surface area contributed by atoms with Crippen molar-refractivity contribution in [3.8, 4) is 0 Å². The lowest BCUT2D eigenvalue weighted by Crippen LogP contribution is -2.21. The van der Waals surface area contributed by atoms with E-state index in [2.05, 4.69) is 29.6 Å². The molecule has 108 valence electrons. The van der Waals surface area contributed by atoms with E-state index in [-0.39, 0.29) is 6.10 Å². The first-order chi connectivity index (χ1) is 9.83. The monoisotopic (exact) mass is 290 g/mol. The Balaban J connectivity index is 1.54. The van der Waals surface area contributed by atoms with Gasteiger partial charge in [0.25, 0.3) is 0 Å². The summed E-state index contributed by atoms with van der Waals surface area (Å²) in [5, 5.41) is 13.7. The number of hydrogen-bond donors (Lipinski definition) is 1. The van der Waals surface area contributed by atoms with Gasteiger partial charge in [0.1, 0.15) is 0 Å². The van der Waals surface area contributed by atoms with Gasteiger partial charge >= 0.3 is 0 Å². The van der Waals surface area contributed by atoms with Crippen LogP contribution in [0.3, 0.4) is 0 Å². The van der Waals surface area contributed by atoms with Gasteiger partial charge in [-0.25, -0.2) is 0 Å². The Morgan fingerprint density at radius 1 is 1.30 bits per heavy atom. The summed E-state index contributed by atoms with van der Waals surface area (Å²) in [5.41, 5.74) is 1.28. The zero-order chi connectivity index (χ0) is 13.8. The quantitative estimate of drug-likeness (QED) is 0.896. The third-order valence-corrected chi connectivity index (χ3v) is 5.12. The average Bonchev–Trinajstić information content (AvgIpc) is 2.90. The van der Waals surface area contributed by atoms with Crippen LogP contribution in [0.4, 0.5) is 0 Å². The predicted molar refractivity (Wildman–Crippen MR) is 84.4 cm³/mol. The van der Waals surface area contributed by atoms with Crippen molar-refractivity contribution in [1.82, 2.24) is 0 Å². The molecule has 1 saturated heterocycles. The summed E-state index contributed by atoms with van der Waals surface area (Å²) in [5.74, 6) is 0. The largest absolute Gasteiger partial charge is 0.393 e. The highest BCUT2D eigenvalue weighted by Gasteiger charge is 2.16. The van der Waals surface area contributed by atoms with E-state index in [9.17, 15) is 5.11 Å². The van der Waals surface area contributed by atoms with Crippen LogP contribution in [0.1, 0.15) is 37.7 Å². The number of aliphatic hydroxyl groups is 1. The van der Waals surface area contributed by atoms with E-state index in [1.807, 2.05) is 0 Å². The second-order valence-electron chi connectivity index (χ2n) is 5.68. The lowest BCUT2D eigenvalue weighted by molar-refractivity contribution is 0.00236. The summed E-state index contributed by atoms with van der Waals surface area (Å²) in [4.78, 5) is 0. The van der Waals surface area contributed by atoms with E-state index >= 15 is 0 Å². The van der Waals surface area contributed by atoms with Crippen LogP contribution in [0, 0.1) is 0 Å². The summed E-state index contributed by atoms with van der Waals surface area (Å²) in [6.07, 6.45) is 6.34. The molecule has 20 heavy (non-hydrogen) atoms. The number of aliphatic hydroxyl groups excluding tert-OH is 1. The molecule has 0 bridgehead atoms. The minimum atomic E-state index is -0.251. The second-order valence-corrected chi connectivity index (χ2v) is 6.59. The van der Waals surface area contributed by atoms with Crippen molar-refractivity contribution in [3.63, 3.8) is 0 Å². The van der Waals surface area contributed by atoms with Crippen molar-refractivity contribution in [2.75, 3.05) is 6.61 Å². The molecule has 0 aliphatic carbocycles. The molecule has 0 amide bonds. The van der Waals surface area contributed by atoms with Gasteiger partial charge in [0.15, 0.2) is 0 Å². The Morgan fingerprint density at radius 2 is 2.20 bits per heavy atom. The van der Waals surface area contributed by atoms with Crippen LogP contribution < -0.4 is 0 Å². The SMILES string of the molecule is OC(CCC1CCCCO1)Cc1csc2ccccc12. The first-order valence-electron chi connectivity index (χ1n) is 7.57. The van der Waals surface area contributed by atoms with Crippen LogP contribution in [0.25, 0.3) is 10.1 Å². The fraction of sp³-hybridized carbons (Fsp3) is 0.529. The van der Waals surface area contributed by atoms with Crippen LogP contribution in [-0.2, 0) is 11.2 Å². The van der Waals surface area contributed by atoms with Crippen molar-refractivity contribution < 1.29 is 9.84 Å². The van der Waals surface area contributed by atoms with E-state index < -0.39 is 0 Å². The van der Waals surface area contributed by atoms with E-state index in [1.165, 1.54) is 28.5 Å². The number of rotatable bonds is 5. The smallest absolute Gasteiger partial charge is 0.0582 e. The molecule has 1 aliphatic heterocycles. The number of ether oxygens (including phenoxy) is 1. The molecule has 2 unspecified atom stereocenters. The van der Waals surface area contributed by atoms with E-state index in [0.29, 0.717) is 6.10 Å². The third kappa shape index (κ3) is 3.40. The lowest BCUT2D eigenvalue weighted by Gasteiger charge is -2.23. The fourth-order valence-electron chi connectivity index (χ4n) is 2.96. The van der Waals surface area contributed by atoms with Crippen LogP contribution in [-0.4, -0.2) is 23.9 Å². The van der Waals surface area contributed by atoms with Gasteiger partial charge in [-0.3, -0.25) is 0 Å². The summed E-state index contributed by atoms with van der Waals surface area (Å²) in [7, 11) is 0. The molecule has 3 rings (SSSR count). The number of benzene rings is 1. The zero-order valence-corrected chi connectivity index (χ0v) is 12.6. The van der Waals surface area contributed by atoms with Gasteiger partial charge in [0.05, 0.1) is 12.2 Å². The molecule has 1 N–H and O–H groups in total. The topological polar surface area (TPSA) is 29.5 Å². The second kappa shape index (κ2) is 6.70. The summed E-state index contributed by atoms with van der Waals surface area (Å²) >= 11 is 1.77. The number of thiophene rings is 1. The first kappa shape index (κ1) is 14.1. The molecular weight excluding hydrogens is 268 g/mol. The molecule has 1 fully saturated rings. The van der Waals surface area contributed by atoms with Gasteiger partial charge in [-0.15, -0.1) is 11.3 Å². The maximum absolute atomic E-state index is 10.3. The van der Waals surface area contributed by atoms with Crippen LogP contribution in [0.5, 0.6) is 0 Å². The highest BCUT2D eigenvalue weighted by Crippen LogP contribution is 2.27. The molecule has 2 nitrogen and oxygen atoms in total. The van der Waals surface area contributed by atoms with Crippen LogP contribution in [0.15, 0.2) is 29.6 Å². The maximum Gasteiger partial charge on any atom is 0.0582 e. The van der Waals surface area contributed by atoms with Gasteiger partial charge in [-0.05, 0) is 60.9 Å². The molecule has 1 aromatic heterocycles. The summed E-state index contributed by atoms with van der Waals surface area (Å²) in [6.45, 7) is 0.899. The lowest BCUT2D eigenvalue weighted by atomic mass is 9.99. The van der Waals surface area contributed by atoms with Crippen molar-refractivity contribution in [1.29, 1.82) is 0 Å². The molecule has 0 spiro atoms. The third-order valence-electron chi connectivity index (χ3n) is 4.11. The Labute approximate surface area is 124 Å². The molecule has 2 heterocycles. The van der Waals surface area contributed by atoms with Crippen molar-refractivity contribution in [3.05, 3.63) is 35.2 Å². The van der Waals surface area contributed by atoms with Crippen molar-refractivity contribution in [2.24, 2.45) is 0 Å². The van der Waals surface area contributed by atoms with E-state index in [0.717, 1.165) is 32.3 Å². The minimum absolute atomic E-state index is 0.251. The van der Waals surface area contributed by atoms with Crippen molar-refractivity contribution in [2.45, 2.75) is 50.7 Å². The van der Waals surface area contributed by atoms with Gasteiger partial charge in [0.2, 0.25) is 0 Å². The Kier molecular flexibility index (Phi) is 4.71. The van der Waals surface area contributed by atoms with Gasteiger partial charge < -0.3 is 9.84 Å². The minimum Gasteiger partial charge on any atom is -0.393 e. The van der Waals surface area contributed by atoms with Gasteiger partial charge in [-0.2, -0.15) is 0 Å². The summed E-state index contributed by atoms with van der Waals surface area (Å²) < 4.78 is 7.04.